The van der Waals surface area contributed by atoms with Gasteiger partial charge in [0.2, 0.25) is 10.0 Å². The predicted octanol–water partition coefficient (Wildman–Crippen LogP) is 0.772. The van der Waals surface area contributed by atoms with E-state index in [2.05, 4.69) is 5.43 Å². The largest absolute Gasteiger partial charge is 0.381 e. The number of ether oxygens (including phenoxy) is 1. The van der Waals surface area contributed by atoms with E-state index in [0.717, 1.165) is 0 Å². The Bertz CT molecular complexity index is 525. The molecule has 1 aromatic rings. The Morgan fingerprint density at radius 3 is 2.53 bits per heavy atom. The first kappa shape index (κ1) is 14.3. The summed E-state index contributed by atoms with van der Waals surface area (Å²) in [5, 5.41) is 0. The van der Waals surface area contributed by atoms with Crippen LogP contribution in [0.2, 0.25) is 0 Å². The Labute approximate surface area is 113 Å². The topological polar surface area (TPSA) is 84.7 Å². The number of anilines is 1. The van der Waals surface area contributed by atoms with E-state index in [1.54, 1.807) is 31.4 Å². The normalized spacial score (nSPS) is 18.4. The summed E-state index contributed by atoms with van der Waals surface area (Å²) < 4.78 is 31.8. The average molecular weight is 285 g/mol. The van der Waals surface area contributed by atoms with E-state index < -0.39 is 10.0 Å². The highest BCUT2D eigenvalue weighted by Gasteiger charge is 2.30. The van der Waals surface area contributed by atoms with Crippen LogP contribution in [0.3, 0.4) is 0 Å². The van der Waals surface area contributed by atoms with Crippen LogP contribution >= 0.6 is 0 Å². The van der Waals surface area contributed by atoms with Gasteiger partial charge in [-0.3, -0.25) is 5.84 Å². The van der Waals surface area contributed by atoms with E-state index in [1.165, 1.54) is 4.31 Å². The summed E-state index contributed by atoms with van der Waals surface area (Å²) >= 11 is 0. The molecule has 1 aromatic carbocycles. The highest BCUT2D eigenvalue weighted by Crippen LogP contribution is 2.26. The highest BCUT2D eigenvalue weighted by molar-refractivity contribution is 7.89. The van der Waals surface area contributed by atoms with Crippen LogP contribution in [0, 0.1) is 0 Å². The van der Waals surface area contributed by atoms with Gasteiger partial charge in [0, 0.05) is 20.2 Å². The smallest absolute Gasteiger partial charge is 0.245 e. The molecule has 0 aliphatic carbocycles. The molecular formula is C12H19N3O3S. The Kier molecular flexibility index (Phi) is 4.41. The lowest BCUT2D eigenvalue weighted by Gasteiger charge is -2.30. The van der Waals surface area contributed by atoms with Crippen molar-refractivity contribution in [2.24, 2.45) is 5.84 Å². The van der Waals surface area contributed by atoms with Crippen molar-refractivity contribution >= 4 is 15.7 Å². The predicted molar refractivity (Wildman–Crippen MR) is 73.0 cm³/mol. The lowest BCUT2D eigenvalue weighted by Crippen LogP contribution is -2.40. The fourth-order valence-electron chi connectivity index (χ4n) is 2.26. The standard InChI is InChI=1S/C12H19N3O3S/c1-18-10-6-8-15(9-7-10)19(16,17)12-5-3-2-4-11(12)14-13/h2-5,10,14H,6-9,13H2,1H3. The molecule has 19 heavy (non-hydrogen) atoms. The number of hydrogen-bond acceptors (Lipinski definition) is 5. The van der Waals surface area contributed by atoms with Crippen LogP contribution in [0.4, 0.5) is 5.69 Å². The molecule has 0 atom stereocenters. The third-order valence-corrected chi connectivity index (χ3v) is 5.35. The Balaban J connectivity index is 2.23. The number of rotatable bonds is 4. The molecule has 0 spiro atoms. The molecule has 0 saturated carbocycles. The van der Waals surface area contributed by atoms with E-state index in [4.69, 9.17) is 10.6 Å². The second-order valence-electron chi connectivity index (χ2n) is 4.48. The van der Waals surface area contributed by atoms with Gasteiger partial charge in [0.05, 0.1) is 11.8 Å². The summed E-state index contributed by atoms with van der Waals surface area (Å²) in [4.78, 5) is 0.216. The molecule has 0 bridgehead atoms. The summed E-state index contributed by atoms with van der Waals surface area (Å²) in [6, 6.07) is 6.64. The quantitative estimate of drug-likeness (QED) is 0.630. The average Bonchev–Trinajstić information content (AvgIpc) is 2.47. The molecule has 2 rings (SSSR count). The van der Waals surface area contributed by atoms with Gasteiger partial charge in [0.15, 0.2) is 0 Å². The van der Waals surface area contributed by atoms with Gasteiger partial charge in [-0.2, -0.15) is 4.31 Å². The Hall–Kier alpha value is -1.15. The number of nitrogens with one attached hydrogen (secondary N) is 1. The maximum Gasteiger partial charge on any atom is 0.245 e. The van der Waals surface area contributed by atoms with Gasteiger partial charge in [-0.15, -0.1) is 0 Å². The van der Waals surface area contributed by atoms with Crippen molar-refractivity contribution in [2.75, 3.05) is 25.6 Å². The van der Waals surface area contributed by atoms with Crippen molar-refractivity contribution < 1.29 is 13.2 Å². The number of piperidine rings is 1. The van der Waals surface area contributed by atoms with Crippen molar-refractivity contribution in [3.8, 4) is 0 Å². The van der Waals surface area contributed by atoms with E-state index in [-0.39, 0.29) is 11.0 Å². The molecule has 3 N–H and O–H groups in total. The maximum atomic E-state index is 12.6. The number of nitrogen functional groups attached to an aromatic ring is 1. The van der Waals surface area contributed by atoms with E-state index in [0.29, 0.717) is 31.6 Å². The number of methoxy groups -OCH3 is 1. The van der Waals surface area contributed by atoms with E-state index in [1.807, 2.05) is 0 Å². The molecule has 1 aliphatic rings. The molecule has 1 heterocycles. The monoisotopic (exact) mass is 285 g/mol. The van der Waals surface area contributed by atoms with Gasteiger partial charge in [-0.1, -0.05) is 12.1 Å². The molecule has 0 radical (unpaired) electrons. The van der Waals surface area contributed by atoms with E-state index >= 15 is 0 Å². The zero-order chi connectivity index (χ0) is 13.9. The van der Waals surface area contributed by atoms with Crippen LogP contribution < -0.4 is 11.3 Å². The van der Waals surface area contributed by atoms with Crippen LogP contribution in [-0.2, 0) is 14.8 Å². The van der Waals surface area contributed by atoms with Crippen molar-refractivity contribution in [3.63, 3.8) is 0 Å². The number of nitrogens with two attached hydrogens (primary N) is 1. The van der Waals surface area contributed by atoms with Crippen LogP contribution in [0.5, 0.6) is 0 Å². The lowest BCUT2D eigenvalue weighted by molar-refractivity contribution is 0.0604. The Morgan fingerprint density at radius 1 is 1.32 bits per heavy atom. The second-order valence-corrected chi connectivity index (χ2v) is 6.39. The van der Waals surface area contributed by atoms with Gasteiger partial charge in [-0.25, -0.2) is 8.42 Å². The Morgan fingerprint density at radius 2 is 1.95 bits per heavy atom. The van der Waals surface area contributed by atoms with Gasteiger partial charge in [0.25, 0.3) is 0 Å². The van der Waals surface area contributed by atoms with Crippen LogP contribution in [0.15, 0.2) is 29.2 Å². The van der Waals surface area contributed by atoms with E-state index in [9.17, 15) is 8.42 Å². The lowest BCUT2D eigenvalue weighted by atomic mass is 10.1. The first-order valence-electron chi connectivity index (χ1n) is 6.18. The minimum Gasteiger partial charge on any atom is -0.381 e. The third kappa shape index (κ3) is 2.89. The fraction of sp³-hybridized carbons (Fsp3) is 0.500. The van der Waals surface area contributed by atoms with Crippen LogP contribution in [-0.4, -0.2) is 39.0 Å². The van der Waals surface area contributed by atoms with Crippen molar-refractivity contribution in [2.45, 2.75) is 23.8 Å². The zero-order valence-corrected chi connectivity index (χ0v) is 11.7. The second kappa shape index (κ2) is 5.87. The minimum absolute atomic E-state index is 0.148. The first-order chi connectivity index (χ1) is 9.09. The molecule has 1 aliphatic heterocycles. The van der Waals surface area contributed by atoms with Crippen molar-refractivity contribution in [1.82, 2.24) is 4.31 Å². The SMILES string of the molecule is COC1CCN(S(=O)(=O)c2ccccc2NN)CC1. The molecule has 106 valence electrons. The molecular weight excluding hydrogens is 266 g/mol. The van der Waals surface area contributed by atoms with Gasteiger partial charge < -0.3 is 10.2 Å². The molecule has 1 fully saturated rings. The molecule has 0 unspecified atom stereocenters. The molecule has 0 amide bonds. The summed E-state index contributed by atoms with van der Waals surface area (Å²) in [7, 11) is -1.85. The summed E-state index contributed by atoms with van der Waals surface area (Å²) in [6.07, 6.45) is 1.58. The van der Waals surface area contributed by atoms with Crippen molar-refractivity contribution in [3.05, 3.63) is 24.3 Å². The summed E-state index contributed by atoms with van der Waals surface area (Å²) in [6.45, 7) is 0.944. The third-order valence-electron chi connectivity index (χ3n) is 3.39. The number of para-hydroxylation sites is 1. The maximum absolute atomic E-state index is 12.6. The number of nitrogens with zero attached hydrogens (tertiary/aromatic N) is 1. The molecule has 7 heteroatoms. The zero-order valence-electron chi connectivity index (χ0n) is 10.9. The van der Waals surface area contributed by atoms with Crippen molar-refractivity contribution in [1.29, 1.82) is 0 Å². The summed E-state index contributed by atoms with van der Waals surface area (Å²) in [5.74, 6) is 5.37. The number of benzene rings is 1. The van der Waals surface area contributed by atoms with Gasteiger partial charge >= 0.3 is 0 Å². The molecule has 6 nitrogen and oxygen atoms in total. The summed E-state index contributed by atoms with van der Waals surface area (Å²) in [5.41, 5.74) is 2.84. The highest BCUT2D eigenvalue weighted by atomic mass is 32.2. The van der Waals surface area contributed by atoms with Crippen LogP contribution in [0.25, 0.3) is 0 Å². The minimum atomic E-state index is -3.50. The van der Waals surface area contributed by atoms with Gasteiger partial charge in [-0.05, 0) is 25.0 Å². The number of hydrazine groups is 1. The molecule has 1 saturated heterocycles. The van der Waals surface area contributed by atoms with Gasteiger partial charge in [0.1, 0.15) is 4.90 Å². The van der Waals surface area contributed by atoms with Crippen LogP contribution in [0.1, 0.15) is 12.8 Å². The first-order valence-corrected chi connectivity index (χ1v) is 7.62. The number of sulfonamides is 1. The molecule has 0 aromatic heterocycles. The number of hydrogen-bond donors (Lipinski definition) is 2. The fourth-order valence-corrected chi connectivity index (χ4v) is 3.88.